The van der Waals surface area contributed by atoms with Crippen molar-refractivity contribution in [3.63, 3.8) is 0 Å². The molecule has 0 aliphatic heterocycles. The van der Waals surface area contributed by atoms with E-state index in [1.54, 1.807) is 28.8 Å². The van der Waals surface area contributed by atoms with Gasteiger partial charge in [0.1, 0.15) is 19.0 Å². The van der Waals surface area contributed by atoms with E-state index in [0.717, 1.165) is 5.52 Å². The number of amides is 1. The lowest BCUT2D eigenvalue weighted by atomic mass is 10.3. The van der Waals surface area contributed by atoms with Crippen molar-refractivity contribution in [1.82, 2.24) is 14.9 Å². The summed E-state index contributed by atoms with van der Waals surface area (Å²) in [5.41, 5.74) is 1.39. The normalized spacial score (nSPS) is 11.8. The van der Waals surface area contributed by atoms with E-state index in [2.05, 4.69) is 4.98 Å². The largest absolute Gasteiger partial charge is 0.405 e. The molecule has 5 nitrogen and oxygen atoms in total. The van der Waals surface area contributed by atoms with Crippen molar-refractivity contribution in [1.29, 1.82) is 0 Å². The van der Waals surface area contributed by atoms with E-state index in [1.165, 1.54) is 0 Å². The van der Waals surface area contributed by atoms with Crippen molar-refractivity contribution in [2.75, 3.05) is 6.54 Å². The van der Waals surface area contributed by atoms with Crippen LogP contribution in [0.15, 0.2) is 24.3 Å². The highest BCUT2D eigenvalue weighted by atomic mass is 19.4. The second-order valence-corrected chi connectivity index (χ2v) is 4.47. The Morgan fingerprint density at radius 2 is 2.05 bits per heavy atom. The van der Waals surface area contributed by atoms with Crippen LogP contribution in [0.2, 0.25) is 0 Å². The summed E-state index contributed by atoms with van der Waals surface area (Å²) in [7, 11) is 0. The van der Waals surface area contributed by atoms with Crippen LogP contribution in [0.4, 0.5) is 13.2 Å². The molecule has 1 heterocycles. The highest BCUT2D eigenvalue weighted by Crippen LogP contribution is 2.17. The maximum absolute atomic E-state index is 12.0. The number of rotatable bonds is 5. The van der Waals surface area contributed by atoms with E-state index >= 15 is 0 Å². The topological polar surface area (TPSA) is 67.2 Å². The smallest absolute Gasteiger partial charge is 0.388 e. The molecule has 0 aliphatic carbocycles. The van der Waals surface area contributed by atoms with Crippen molar-refractivity contribution in [3.05, 3.63) is 30.1 Å². The van der Waals surface area contributed by atoms with Gasteiger partial charge in [-0.05, 0) is 12.1 Å². The average Bonchev–Trinajstić information content (AvgIpc) is 2.80. The molecule has 0 fully saturated rings. The highest BCUT2D eigenvalue weighted by Gasteiger charge is 2.27. The number of aliphatic hydroxyl groups is 1. The van der Waals surface area contributed by atoms with Gasteiger partial charge < -0.3 is 15.0 Å². The molecule has 21 heavy (non-hydrogen) atoms. The van der Waals surface area contributed by atoms with Gasteiger partial charge in [0.2, 0.25) is 5.91 Å². The van der Waals surface area contributed by atoms with Gasteiger partial charge in [-0.25, -0.2) is 4.98 Å². The first-order valence-corrected chi connectivity index (χ1v) is 6.29. The molecule has 1 amide bonds. The first-order chi connectivity index (χ1) is 9.90. The molecule has 0 atom stereocenters. The van der Waals surface area contributed by atoms with Gasteiger partial charge in [-0.15, -0.1) is 0 Å². The molecule has 2 aromatic rings. The number of nitrogens with zero attached hydrogens (tertiary/aromatic N) is 2. The molecule has 114 valence electrons. The summed E-state index contributed by atoms with van der Waals surface area (Å²) in [5, 5.41) is 11.1. The number of aryl methyl sites for hydroxylation is 1. The van der Waals surface area contributed by atoms with Crippen LogP contribution < -0.4 is 5.32 Å². The third-order valence-electron chi connectivity index (χ3n) is 2.92. The molecular formula is C13H14F3N3O2. The van der Waals surface area contributed by atoms with Gasteiger partial charge in [-0.1, -0.05) is 12.1 Å². The minimum atomic E-state index is -4.42. The third-order valence-corrected chi connectivity index (χ3v) is 2.92. The Kier molecular flexibility index (Phi) is 4.46. The number of fused-ring (bicyclic) bond motifs is 1. The monoisotopic (exact) mass is 301 g/mol. The number of halogens is 3. The Morgan fingerprint density at radius 1 is 1.33 bits per heavy atom. The lowest BCUT2D eigenvalue weighted by Crippen LogP contribution is -2.34. The minimum Gasteiger partial charge on any atom is -0.388 e. The number of imidazole rings is 1. The second-order valence-electron chi connectivity index (χ2n) is 4.47. The number of hydrogen-bond donors (Lipinski definition) is 2. The van der Waals surface area contributed by atoms with Crippen LogP contribution in [0.5, 0.6) is 0 Å². The molecule has 0 unspecified atom stereocenters. The predicted octanol–water partition coefficient (Wildman–Crippen LogP) is 1.60. The number of aliphatic hydroxyl groups excluding tert-OH is 1. The Hall–Kier alpha value is -2.09. The van der Waals surface area contributed by atoms with Crippen molar-refractivity contribution < 1.29 is 23.1 Å². The van der Waals surface area contributed by atoms with Gasteiger partial charge >= 0.3 is 6.18 Å². The molecule has 0 spiro atoms. The fourth-order valence-electron chi connectivity index (χ4n) is 2.00. The van der Waals surface area contributed by atoms with Gasteiger partial charge in [0.25, 0.3) is 0 Å². The van der Waals surface area contributed by atoms with Crippen LogP contribution in [-0.4, -0.2) is 33.3 Å². The van der Waals surface area contributed by atoms with Crippen LogP contribution in [0.3, 0.4) is 0 Å². The van der Waals surface area contributed by atoms with E-state index in [1.807, 2.05) is 5.32 Å². The van der Waals surface area contributed by atoms with Gasteiger partial charge in [0.15, 0.2) is 0 Å². The number of hydrogen-bond acceptors (Lipinski definition) is 3. The Bertz CT molecular complexity index is 637. The second kappa shape index (κ2) is 6.13. The van der Waals surface area contributed by atoms with Crippen LogP contribution in [0, 0.1) is 0 Å². The SMILES string of the molecule is O=C(CCn1c(CO)nc2ccccc21)NCC(F)(F)F. The van der Waals surface area contributed by atoms with Gasteiger partial charge in [-0.2, -0.15) is 13.2 Å². The summed E-state index contributed by atoms with van der Waals surface area (Å²) in [5.74, 6) is -0.325. The standard InChI is InChI=1S/C13H14F3N3O2/c14-13(15,16)8-17-12(21)5-6-19-10-4-2-1-3-9(10)18-11(19)7-20/h1-4,20H,5-8H2,(H,17,21). The van der Waals surface area contributed by atoms with E-state index in [0.29, 0.717) is 11.3 Å². The predicted molar refractivity (Wildman–Crippen MR) is 69.3 cm³/mol. The molecule has 1 aromatic heterocycles. The summed E-state index contributed by atoms with van der Waals surface area (Å²) in [4.78, 5) is 15.6. The van der Waals surface area contributed by atoms with E-state index in [-0.39, 0.29) is 19.6 Å². The van der Waals surface area contributed by atoms with Gasteiger partial charge in [0, 0.05) is 13.0 Å². The Labute approximate surface area is 118 Å². The number of aromatic nitrogens is 2. The first kappa shape index (κ1) is 15.3. The zero-order valence-corrected chi connectivity index (χ0v) is 11.0. The van der Waals surface area contributed by atoms with E-state index in [9.17, 15) is 23.1 Å². The lowest BCUT2D eigenvalue weighted by Gasteiger charge is -2.10. The van der Waals surface area contributed by atoms with Crippen molar-refractivity contribution in [2.45, 2.75) is 25.7 Å². The molecule has 8 heteroatoms. The van der Waals surface area contributed by atoms with Crippen molar-refractivity contribution >= 4 is 16.9 Å². The quantitative estimate of drug-likeness (QED) is 0.881. The number of benzene rings is 1. The average molecular weight is 301 g/mol. The Balaban J connectivity index is 2.04. The molecule has 0 aliphatic rings. The number of alkyl halides is 3. The maximum Gasteiger partial charge on any atom is 0.405 e. The molecular weight excluding hydrogens is 287 g/mol. The first-order valence-electron chi connectivity index (χ1n) is 6.29. The van der Waals surface area contributed by atoms with Crippen LogP contribution in [0.25, 0.3) is 11.0 Å². The van der Waals surface area contributed by atoms with Crippen molar-refractivity contribution in [2.24, 2.45) is 0 Å². The molecule has 0 saturated heterocycles. The van der Waals surface area contributed by atoms with Crippen LogP contribution >= 0.6 is 0 Å². The van der Waals surface area contributed by atoms with E-state index in [4.69, 9.17) is 0 Å². The van der Waals surface area contributed by atoms with E-state index < -0.39 is 18.6 Å². The fraction of sp³-hybridized carbons (Fsp3) is 0.385. The number of para-hydroxylation sites is 2. The molecule has 2 rings (SSSR count). The highest BCUT2D eigenvalue weighted by molar-refractivity contribution is 5.78. The van der Waals surface area contributed by atoms with Gasteiger partial charge in [0.05, 0.1) is 11.0 Å². The molecule has 0 radical (unpaired) electrons. The zero-order chi connectivity index (χ0) is 15.5. The van der Waals surface area contributed by atoms with Crippen LogP contribution in [-0.2, 0) is 17.9 Å². The molecule has 0 saturated carbocycles. The minimum absolute atomic E-state index is 0.122. The number of carbonyl (C=O) groups excluding carboxylic acids is 1. The maximum atomic E-state index is 12.0. The third kappa shape index (κ3) is 3.94. The number of carbonyl (C=O) groups is 1. The Morgan fingerprint density at radius 3 is 2.71 bits per heavy atom. The zero-order valence-electron chi connectivity index (χ0n) is 11.0. The molecule has 1 aromatic carbocycles. The summed E-state index contributed by atoms with van der Waals surface area (Å²) in [6.45, 7) is -1.50. The molecule has 2 N–H and O–H groups in total. The summed E-state index contributed by atoms with van der Waals surface area (Å²) >= 11 is 0. The fourth-order valence-corrected chi connectivity index (χ4v) is 2.00. The number of nitrogens with one attached hydrogen (secondary N) is 1. The lowest BCUT2D eigenvalue weighted by molar-refractivity contribution is -0.138. The van der Waals surface area contributed by atoms with Crippen molar-refractivity contribution in [3.8, 4) is 0 Å². The summed E-state index contributed by atoms with van der Waals surface area (Å²) < 4.78 is 37.6. The van der Waals surface area contributed by atoms with Gasteiger partial charge in [-0.3, -0.25) is 4.79 Å². The summed E-state index contributed by atoms with van der Waals surface area (Å²) in [6.07, 6.45) is -4.54. The molecule has 0 bridgehead atoms. The summed E-state index contributed by atoms with van der Waals surface area (Å²) in [6, 6.07) is 7.10. The van der Waals surface area contributed by atoms with Crippen LogP contribution in [0.1, 0.15) is 12.2 Å².